The number of nitrogens with zero attached hydrogens (tertiary/aromatic N) is 5. The van der Waals surface area contributed by atoms with Crippen molar-refractivity contribution in [3.8, 4) is 11.5 Å². The van der Waals surface area contributed by atoms with Gasteiger partial charge in [-0.25, -0.2) is 0 Å². The lowest BCUT2D eigenvalue weighted by atomic mass is 10.2. The Balaban J connectivity index is 1.51. The van der Waals surface area contributed by atoms with Crippen molar-refractivity contribution in [3.63, 3.8) is 0 Å². The molecule has 0 radical (unpaired) electrons. The van der Waals surface area contributed by atoms with Gasteiger partial charge in [0.2, 0.25) is 11.8 Å². The van der Waals surface area contributed by atoms with E-state index < -0.39 is 0 Å². The Morgan fingerprint density at radius 2 is 1.91 bits per heavy atom. The highest BCUT2D eigenvalue weighted by Crippen LogP contribution is 2.41. The van der Waals surface area contributed by atoms with Crippen LogP contribution in [0.15, 0.2) is 39.9 Å². The summed E-state index contributed by atoms with van der Waals surface area (Å²) in [7, 11) is 2.02. The lowest BCUT2D eigenvalue weighted by Crippen LogP contribution is -1.98. The van der Waals surface area contributed by atoms with Crippen LogP contribution in [0.25, 0.3) is 11.5 Å². The predicted octanol–water partition coefficient (Wildman–Crippen LogP) is 3.60. The van der Waals surface area contributed by atoms with E-state index in [9.17, 15) is 0 Å². The van der Waals surface area contributed by atoms with Gasteiger partial charge in [-0.3, -0.25) is 0 Å². The topological polar surface area (TPSA) is 69.6 Å². The van der Waals surface area contributed by atoms with Crippen LogP contribution < -0.4 is 0 Å². The SMILES string of the molecule is C[C@H](Sc1nnc(C2CC2)n1C)c1nnc(-c2ccccc2)o1. The van der Waals surface area contributed by atoms with E-state index in [4.69, 9.17) is 4.42 Å². The van der Waals surface area contributed by atoms with E-state index in [1.54, 1.807) is 11.8 Å². The van der Waals surface area contributed by atoms with Crippen molar-refractivity contribution in [3.05, 3.63) is 42.0 Å². The minimum Gasteiger partial charge on any atom is -0.419 e. The molecule has 1 saturated carbocycles. The van der Waals surface area contributed by atoms with Crippen LogP contribution in [-0.4, -0.2) is 25.0 Å². The summed E-state index contributed by atoms with van der Waals surface area (Å²) in [5, 5.41) is 17.8. The second-order valence-corrected chi connectivity index (χ2v) is 7.05. The molecule has 3 aromatic rings. The summed E-state index contributed by atoms with van der Waals surface area (Å²) in [5.41, 5.74) is 0.929. The van der Waals surface area contributed by atoms with Crippen LogP contribution in [-0.2, 0) is 7.05 Å². The number of thioether (sulfide) groups is 1. The van der Waals surface area contributed by atoms with Crippen molar-refractivity contribution in [2.24, 2.45) is 7.05 Å². The first-order chi connectivity index (χ1) is 11.2. The van der Waals surface area contributed by atoms with Crippen LogP contribution in [0.2, 0.25) is 0 Å². The molecule has 6 nitrogen and oxygen atoms in total. The number of benzene rings is 1. The van der Waals surface area contributed by atoms with Gasteiger partial charge >= 0.3 is 0 Å². The van der Waals surface area contributed by atoms with Gasteiger partial charge in [0.15, 0.2) is 5.16 Å². The van der Waals surface area contributed by atoms with Gasteiger partial charge < -0.3 is 8.98 Å². The minimum absolute atomic E-state index is 0.0231. The fourth-order valence-corrected chi connectivity index (χ4v) is 3.28. The molecule has 1 aliphatic rings. The van der Waals surface area contributed by atoms with E-state index >= 15 is 0 Å². The van der Waals surface area contributed by atoms with Crippen molar-refractivity contribution < 1.29 is 4.42 Å². The van der Waals surface area contributed by atoms with E-state index in [1.807, 2.05) is 44.3 Å². The van der Waals surface area contributed by atoms with Crippen molar-refractivity contribution in [1.29, 1.82) is 0 Å². The number of hydrogen-bond donors (Lipinski definition) is 0. The molecule has 0 N–H and O–H groups in total. The molecule has 2 heterocycles. The third kappa shape index (κ3) is 2.88. The monoisotopic (exact) mass is 327 g/mol. The molecule has 7 heteroatoms. The summed E-state index contributed by atoms with van der Waals surface area (Å²) in [4.78, 5) is 0. The zero-order valence-electron chi connectivity index (χ0n) is 13.0. The second kappa shape index (κ2) is 5.81. The Kier molecular flexibility index (Phi) is 3.65. The van der Waals surface area contributed by atoms with Gasteiger partial charge in [-0.1, -0.05) is 30.0 Å². The molecule has 2 aromatic heterocycles. The molecule has 1 aliphatic carbocycles. The average molecular weight is 327 g/mol. The maximum atomic E-state index is 5.81. The van der Waals surface area contributed by atoms with Crippen LogP contribution in [0, 0.1) is 0 Å². The lowest BCUT2D eigenvalue weighted by Gasteiger charge is -2.06. The van der Waals surface area contributed by atoms with Crippen molar-refractivity contribution in [2.75, 3.05) is 0 Å². The Morgan fingerprint density at radius 1 is 1.13 bits per heavy atom. The normalized spacial score (nSPS) is 15.7. The lowest BCUT2D eigenvalue weighted by molar-refractivity contribution is 0.508. The van der Waals surface area contributed by atoms with Crippen molar-refractivity contribution >= 4 is 11.8 Å². The molecular formula is C16H17N5OS. The van der Waals surface area contributed by atoms with E-state index in [1.165, 1.54) is 12.8 Å². The highest BCUT2D eigenvalue weighted by Gasteiger charge is 2.30. The molecule has 118 valence electrons. The van der Waals surface area contributed by atoms with Crippen molar-refractivity contribution in [2.45, 2.75) is 36.1 Å². The molecular weight excluding hydrogens is 310 g/mol. The summed E-state index contributed by atoms with van der Waals surface area (Å²) in [6.45, 7) is 2.04. The third-order valence-corrected chi connectivity index (χ3v) is 5.02. The second-order valence-electron chi connectivity index (χ2n) is 5.75. The maximum Gasteiger partial charge on any atom is 0.247 e. The summed E-state index contributed by atoms with van der Waals surface area (Å²) >= 11 is 1.59. The van der Waals surface area contributed by atoms with E-state index in [2.05, 4.69) is 25.0 Å². The summed E-state index contributed by atoms with van der Waals surface area (Å²) in [6, 6.07) is 9.79. The Morgan fingerprint density at radius 3 is 2.65 bits per heavy atom. The molecule has 0 unspecified atom stereocenters. The zero-order chi connectivity index (χ0) is 15.8. The molecule has 0 bridgehead atoms. The molecule has 0 saturated heterocycles. The Bertz CT molecular complexity index is 809. The van der Waals surface area contributed by atoms with Gasteiger partial charge in [-0.2, -0.15) is 0 Å². The summed E-state index contributed by atoms with van der Waals surface area (Å²) in [5.74, 6) is 2.81. The fourth-order valence-electron chi connectivity index (χ4n) is 2.43. The Hall–Kier alpha value is -2.15. The van der Waals surface area contributed by atoms with Gasteiger partial charge in [0.05, 0.1) is 5.25 Å². The average Bonchev–Trinajstić information content (AvgIpc) is 3.17. The van der Waals surface area contributed by atoms with Gasteiger partial charge in [-0.15, -0.1) is 20.4 Å². The highest BCUT2D eigenvalue weighted by atomic mass is 32.2. The van der Waals surface area contributed by atoms with Gasteiger partial charge in [0, 0.05) is 18.5 Å². The van der Waals surface area contributed by atoms with Gasteiger partial charge in [0.1, 0.15) is 5.82 Å². The van der Waals surface area contributed by atoms with E-state index in [0.717, 1.165) is 16.5 Å². The zero-order valence-corrected chi connectivity index (χ0v) is 13.8. The van der Waals surface area contributed by atoms with Crippen LogP contribution >= 0.6 is 11.8 Å². The van der Waals surface area contributed by atoms with E-state index in [-0.39, 0.29) is 5.25 Å². The molecule has 0 aliphatic heterocycles. The molecule has 0 amide bonds. The molecule has 4 rings (SSSR count). The highest BCUT2D eigenvalue weighted by molar-refractivity contribution is 7.99. The predicted molar refractivity (Wildman–Crippen MR) is 87.0 cm³/mol. The molecule has 0 spiro atoms. The van der Waals surface area contributed by atoms with Gasteiger partial charge in [0.25, 0.3) is 0 Å². The summed E-state index contributed by atoms with van der Waals surface area (Å²) < 4.78 is 7.89. The third-order valence-electron chi connectivity index (χ3n) is 3.90. The minimum atomic E-state index is 0.0231. The first-order valence-electron chi connectivity index (χ1n) is 7.67. The molecule has 23 heavy (non-hydrogen) atoms. The van der Waals surface area contributed by atoms with Gasteiger partial charge in [-0.05, 0) is 31.9 Å². The first kappa shape index (κ1) is 14.4. The van der Waals surface area contributed by atoms with Crippen LogP contribution in [0.4, 0.5) is 0 Å². The van der Waals surface area contributed by atoms with Crippen LogP contribution in [0.3, 0.4) is 0 Å². The summed E-state index contributed by atoms with van der Waals surface area (Å²) in [6.07, 6.45) is 2.44. The maximum absolute atomic E-state index is 5.81. The number of hydrogen-bond acceptors (Lipinski definition) is 6. The quantitative estimate of drug-likeness (QED) is 0.667. The number of aromatic nitrogens is 5. The Labute approximate surface area is 138 Å². The fraction of sp³-hybridized carbons (Fsp3) is 0.375. The number of rotatable bonds is 5. The molecule has 1 atom stereocenters. The standard InChI is InChI=1S/C16H17N5OS/c1-10(23-16-20-17-13(21(16)2)11-8-9-11)14-18-19-15(22-14)12-6-4-3-5-7-12/h3-7,10-11H,8-9H2,1-2H3/t10-/m0/s1. The molecule has 1 fully saturated rings. The van der Waals surface area contributed by atoms with Crippen LogP contribution in [0.1, 0.15) is 42.6 Å². The molecule has 1 aromatic carbocycles. The first-order valence-corrected chi connectivity index (χ1v) is 8.55. The largest absolute Gasteiger partial charge is 0.419 e. The smallest absolute Gasteiger partial charge is 0.247 e. The van der Waals surface area contributed by atoms with Crippen molar-refractivity contribution in [1.82, 2.24) is 25.0 Å². The van der Waals surface area contributed by atoms with E-state index in [0.29, 0.717) is 17.7 Å². The van der Waals surface area contributed by atoms with Crippen LogP contribution in [0.5, 0.6) is 0 Å².